The summed E-state index contributed by atoms with van der Waals surface area (Å²) in [6, 6.07) is -0.511. The second-order valence-corrected chi connectivity index (χ2v) is 3.32. The van der Waals surface area contributed by atoms with E-state index in [1.807, 2.05) is 13.8 Å². The molecule has 14 heavy (non-hydrogen) atoms. The van der Waals surface area contributed by atoms with Crippen molar-refractivity contribution < 1.29 is 9.21 Å². The molecule has 0 aliphatic heterocycles. The van der Waals surface area contributed by atoms with Crippen molar-refractivity contribution in [3.63, 3.8) is 0 Å². The Morgan fingerprint density at radius 3 is 2.71 bits per heavy atom. The van der Waals surface area contributed by atoms with Crippen LogP contribution < -0.4 is 11.1 Å². The summed E-state index contributed by atoms with van der Waals surface area (Å²) in [6.07, 6.45) is 1.64. The van der Waals surface area contributed by atoms with Gasteiger partial charge in [0.1, 0.15) is 5.76 Å². The van der Waals surface area contributed by atoms with Crippen LogP contribution in [0.4, 0.5) is 0 Å². The lowest BCUT2D eigenvalue weighted by atomic mass is 10.2. The monoisotopic (exact) mass is 197 g/mol. The lowest BCUT2D eigenvalue weighted by molar-refractivity contribution is -0.119. The SMILES string of the molecule is Cc1cnc(C(C)NC(C)C(N)=O)o1. The van der Waals surface area contributed by atoms with Crippen molar-refractivity contribution in [2.45, 2.75) is 32.9 Å². The van der Waals surface area contributed by atoms with Gasteiger partial charge in [0.25, 0.3) is 0 Å². The second-order valence-electron chi connectivity index (χ2n) is 3.32. The number of primary amides is 1. The number of hydrogen-bond acceptors (Lipinski definition) is 4. The number of carbonyl (C=O) groups is 1. The van der Waals surface area contributed by atoms with Gasteiger partial charge >= 0.3 is 0 Å². The van der Waals surface area contributed by atoms with Crippen molar-refractivity contribution in [2.75, 3.05) is 0 Å². The largest absolute Gasteiger partial charge is 0.444 e. The molecule has 0 radical (unpaired) electrons. The smallest absolute Gasteiger partial charge is 0.234 e. The second kappa shape index (κ2) is 4.23. The molecule has 1 heterocycles. The lowest BCUT2D eigenvalue weighted by Crippen LogP contribution is -2.40. The van der Waals surface area contributed by atoms with Crippen molar-refractivity contribution in [1.82, 2.24) is 10.3 Å². The zero-order valence-corrected chi connectivity index (χ0v) is 8.57. The van der Waals surface area contributed by atoms with Crippen LogP contribution in [0.3, 0.4) is 0 Å². The van der Waals surface area contributed by atoms with E-state index in [2.05, 4.69) is 10.3 Å². The Morgan fingerprint density at radius 1 is 1.64 bits per heavy atom. The van der Waals surface area contributed by atoms with Gasteiger partial charge in [-0.2, -0.15) is 0 Å². The maximum absolute atomic E-state index is 10.8. The van der Waals surface area contributed by atoms with Crippen LogP contribution in [0.1, 0.15) is 31.5 Å². The number of rotatable bonds is 4. The van der Waals surface area contributed by atoms with Crippen LogP contribution in [0.2, 0.25) is 0 Å². The number of nitrogens with two attached hydrogens (primary N) is 1. The first-order chi connectivity index (χ1) is 6.50. The molecule has 2 atom stereocenters. The molecule has 1 amide bonds. The molecular formula is C9H15N3O2. The third-order valence-corrected chi connectivity index (χ3v) is 1.94. The van der Waals surface area contributed by atoms with E-state index in [0.717, 1.165) is 5.76 Å². The molecule has 5 nitrogen and oxygen atoms in total. The molecule has 0 saturated carbocycles. The van der Waals surface area contributed by atoms with Crippen molar-refractivity contribution in [3.05, 3.63) is 17.8 Å². The van der Waals surface area contributed by atoms with E-state index in [1.165, 1.54) is 0 Å². The highest BCUT2D eigenvalue weighted by Gasteiger charge is 2.16. The molecule has 3 N–H and O–H groups in total. The van der Waals surface area contributed by atoms with Gasteiger partial charge in [0, 0.05) is 0 Å². The van der Waals surface area contributed by atoms with Crippen molar-refractivity contribution in [1.29, 1.82) is 0 Å². The number of nitrogens with one attached hydrogen (secondary N) is 1. The number of aromatic nitrogens is 1. The summed E-state index contributed by atoms with van der Waals surface area (Å²) in [4.78, 5) is 14.8. The first-order valence-corrected chi connectivity index (χ1v) is 4.48. The molecule has 1 aromatic heterocycles. The Morgan fingerprint density at radius 2 is 2.29 bits per heavy atom. The van der Waals surface area contributed by atoms with Gasteiger partial charge in [0.15, 0.2) is 0 Å². The number of nitrogens with zero attached hydrogens (tertiary/aromatic N) is 1. The Labute approximate surface area is 82.7 Å². The van der Waals surface area contributed by atoms with E-state index in [4.69, 9.17) is 10.2 Å². The van der Waals surface area contributed by atoms with E-state index >= 15 is 0 Å². The highest BCUT2D eigenvalue weighted by atomic mass is 16.4. The number of oxazole rings is 1. The van der Waals surface area contributed by atoms with E-state index in [-0.39, 0.29) is 11.9 Å². The van der Waals surface area contributed by atoms with E-state index < -0.39 is 6.04 Å². The minimum absolute atomic E-state index is 0.119. The Bertz CT molecular complexity index is 322. The summed E-state index contributed by atoms with van der Waals surface area (Å²) >= 11 is 0. The maximum atomic E-state index is 10.8. The van der Waals surface area contributed by atoms with E-state index in [9.17, 15) is 4.79 Å². The molecule has 1 rings (SSSR count). The van der Waals surface area contributed by atoms with Crippen LogP contribution >= 0.6 is 0 Å². The quantitative estimate of drug-likeness (QED) is 0.736. The van der Waals surface area contributed by atoms with Crippen LogP contribution in [0, 0.1) is 6.92 Å². The highest BCUT2D eigenvalue weighted by molar-refractivity contribution is 5.79. The topological polar surface area (TPSA) is 81.1 Å². The molecular weight excluding hydrogens is 182 g/mol. The Kier molecular flexibility index (Phi) is 3.24. The van der Waals surface area contributed by atoms with Crippen LogP contribution in [0.25, 0.3) is 0 Å². The number of hydrogen-bond donors (Lipinski definition) is 2. The summed E-state index contributed by atoms with van der Waals surface area (Å²) in [5, 5.41) is 2.98. The molecule has 0 bridgehead atoms. The van der Waals surface area contributed by atoms with Gasteiger partial charge in [-0.05, 0) is 20.8 Å². The van der Waals surface area contributed by atoms with Gasteiger partial charge in [0.05, 0.1) is 18.3 Å². The fraction of sp³-hybridized carbons (Fsp3) is 0.556. The fourth-order valence-electron chi connectivity index (χ4n) is 1.10. The minimum Gasteiger partial charge on any atom is -0.444 e. The van der Waals surface area contributed by atoms with E-state index in [0.29, 0.717) is 5.89 Å². The Balaban J connectivity index is 2.58. The minimum atomic E-state index is -0.391. The third-order valence-electron chi connectivity index (χ3n) is 1.94. The van der Waals surface area contributed by atoms with Gasteiger partial charge in [0.2, 0.25) is 11.8 Å². The summed E-state index contributed by atoms with van der Waals surface area (Å²) in [7, 11) is 0. The first-order valence-electron chi connectivity index (χ1n) is 4.48. The van der Waals surface area contributed by atoms with Crippen LogP contribution in [-0.4, -0.2) is 16.9 Å². The van der Waals surface area contributed by atoms with Gasteiger partial charge in [-0.25, -0.2) is 4.98 Å². The molecule has 2 unspecified atom stereocenters. The molecule has 78 valence electrons. The molecule has 0 aromatic carbocycles. The standard InChI is InChI=1S/C9H15N3O2/c1-5-4-11-9(14-5)7(3)12-6(2)8(10)13/h4,6-7,12H,1-3H3,(H2,10,13). The summed E-state index contributed by atoms with van der Waals surface area (Å²) in [5.41, 5.74) is 5.12. The van der Waals surface area contributed by atoms with Crippen LogP contribution in [-0.2, 0) is 4.79 Å². The first kappa shape index (κ1) is 10.7. The molecule has 5 heteroatoms. The molecule has 0 aliphatic carbocycles. The highest BCUT2D eigenvalue weighted by Crippen LogP contribution is 2.12. The van der Waals surface area contributed by atoms with Crippen molar-refractivity contribution in [3.8, 4) is 0 Å². The molecule has 0 spiro atoms. The Hall–Kier alpha value is -1.36. The zero-order chi connectivity index (χ0) is 10.7. The predicted octanol–water partition coefficient (Wildman–Crippen LogP) is 0.507. The lowest BCUT2D eigenvalue weighted by Gasteiger charge is -2.14. The average molecular weight is 197 g/mol. The van der Waals surface area contributed by atoms with Crippen molar-refractivity contribution >= 4 is 5.91 Å². The zero-order valence-electron chi connectivity index (χ0n) is 8.57. The third kappa shape index (κ3) is 2.56. The van der Waals surface area contributed by atoms with E-state index in [1.54, 1.807) is 13.1 Å². The van der Waals surface area contributed by atoms with Gasteiger partial charge < -0.3 is 10.2 Å². The van der Waals surface area contributed by atoms with Gasteiger partial charge in [-0.15, -0.1) is 0 Å². The number of carbonyl (C=O) groups excluding carboxylic acids is 1. The molecule has 0 fully saturated rings. The van der Waals surface area contributed by atoms with Crippen LogP contribution in [0.15, 0.2) is 10.6 Å². The summed E-state index contributed by atoms with van der Waals surface area (Å²) in [6.45, 7) is 5.39. The molecule has 1 aromatic rings. The number of aryl methyl sites for hydroxylation is 1. The molecule has 0 aliphatic rings. The predicted molar refractivity (Wildman–Crippen MR) is 51.4 cm³/mol. The fourth-order valence-corrected chi connectivity index (χ4v) is 1.10. The number of amides is 1. The average Bonchev–Trinajstić information content (AvgIpc) is 2.51. The summed E-state index contributed by atoms with van der Waals surface area (Å²) < 4.78 is 5.30. The van der Waals surface area contributed by atoms with Crippen LogP contribution in [0.5, 0.6) is 0 Å². The summed E-state index contributed by atoms with van der Waals surface area (Å²) in [5.74, 6) is 0.927. The molecule has 0 saturated heterocycles. The van der Waals surface area contributed by atoms with Gasteiger partial charge in [-0.3, -0.25) is 10.1 Å². The van der Waals surface area contributed by atoms with Crippen molar-refractivity contribution in [2.24, 2.45) is 5.73 Å². The van der Waals surface area contributed by atoms with Gasteiger partial charge in [-0.1, -0.05) is 0 Å². The normalized spacial score (nSPS) is 15.1. The maximum Gasteiger partial charge on any atom is 0.234 e.